The molecule has 0 spiro atoms. The lowest BCUT2D eigenvalue weighted by Gasteiger charge is -2.15. The largest absolute Gasteiger partial charge is 0.393 e. The lowest BCUT2D eigenvalue weighted by molar-refractivity contribution is 0.133. The molecule has 0 saturated heterocycles. The molecule has 3 N–H and O–H groups in total. The standard InChI is InChI=1S/C14H19ClN2O2/c1-9-5-6-11(7-12(9)15)17-14(19)16-8-10-3-2-4-13(10)18/h5-7,10,13,18H,2-4,8H2,1H3,(H2,16,17,19). The summed E-state index contributed by atoms with van der Waals surface area (Å²) in [6, 6.07) is 5.13. The molecule has 2 atom stereocenters. The van der Waals surface area contributed by atoms with Crippen molar-refractivity contribution < 1.29 is 9.90 Å². The highest BCUT2D eigenvalue weighted by atomic mass is 35.5. The van der Waals surface area contributed by atoms with Gasteiger partial charge in [-0.3, -0.25) is 0 Å². The van der Waals surface area contributed by atoms with Crippen LogP contribution in [0.25, 0.3) is 0 Å². The number of carbonyl (C=O) groups excluding carboxylic acids is 1. The number of hydrogen-bond acceptors (Lipinski definition) is 2. The molecule has 0 heterocycles. The minimum absolute atomic E-state index is 0.173. The van der Waals surface area contributed by atoms with Gasteiger partial charge in [-0.15, -0.1) is 0 Å². The summed E-state index contributed by atoms with van der Waals surface area (Å²) in [7, 11) is 0. The van der Waals surface area contributed by atoms with Crippen molar-refractivity contribution in [3.63, 3.8) is 0 Å². The fraction of sp³-hybridized carbons (Fsp3) is 0.500. The zero-order valence-corrected chi connectivity index (χ0v) is 11.7. The molecule has 0 aromatic heterocycles. The van der Waals surface area contributed by atoms with Crippen LogP contribution in [0.1, 0.15) is 24.8 Å². The zero-order valence-electron chi connectivity index (χ0n) is 10.9. The van der Waals surface area contributed by atoms with Crippen LogP contribution in [0.4, 0.5) is 10.5 Å². The van der Waals surface area contributed by atoms with Gasteiger partial charge in [-0.2, -0.15) is 0 Å². The number of nitrogens with one attached hydrogen (secondary N) is 2. The van der Waals surface area contributed by atoms with Gasteiger partial charge in [-0.25, -0.2) is 4.79 Å². The highest BCUT2D eigenvalue weighted by molar-refractivity contribution is 6.31. The van der Waals surface area contributed by atoms with E-state index in [0.29, 0.717) is 17.3 Å². The Labute approximate surface area is 118 Å². The van der Waals surface area contributed by atoms with Gasteiger partial charge in [-0.1, -0.05) is 24.1 Å². The highest BCUT2D eigenvalue weighted by Crippen LogP contribution is 2.24. The maximum Gasteiger partial charge on any atom is 0.319 e. The van der Waals surface area contributed by atoms with Crippen LogP contribution >= 0.6 is 11.6 Å². The summed E-state index contributed by atoms with van der Waals surface area (Å²) in [5, 5.41) is 15.8. The van der Waals surface area contributed by atoms with Gasteiger partial charge in [0.2, 0.25) is 0 Å². The van der Waals surface area contributed by atoms with E-state index < -0.39 is 0 Å². The van der Waals surface area contributed by atoms with Crippen molar-refractivity contribution in [3.05, 3.63) is 28.8 Å². The fourth-order valence-corrected chi connectivity index (χ4v) is 2.51. The lowest BCUT2D eigenvalue weighted by atomic mass is 10.1. The third-order valence-electron chi connectivity index (χ3n) is 3.57. The Balaban J connectivity index is 1.82. The van der Waals surface area contributed by atoms with Gasteiger partial charge in [0.1, 0.15) is 0 Å². The molecule has 1 aliphatic rings. The van der Waals surface area contributed by atoms with Crippen molar-refractivity contribution >= 4 is 23.3 Å². The predicted octanol–water partition coefficient (Wildman–Crippen LogP) is 2.93. The van der Waals surface area contributed by atoms with E-state index in [1.165, 1.54) is 0 Å². The molecule has 104 valence electrons. The Morgan fingerprint density at radius 3 is 2.89 bits per heavy atom. The van der Waals surface area contributed by atoms with Crippen LogP contribution in [0, 0.1) is 12.8 Å². The quantitative estimate of drug-likeness (QED) is 0.798. The third kappa shape index (κ3) is 3.85. The van der Waals surface area contributed by atoms with Crippen molar-refractivity contribution in [2.45, 2.75) is 32.3 Å². The second-order valence-corrected chi connectivity index (χ2v) is 5.46. The minimum Gasteiger partial charge on any atom is -0.393 e. The normalized spacial score (nSPS) is 22.3. The Morgan fingerprint density at radius 1 is 1.47 bits per heavy atom. The Kier molecular flexibility index (Phi) is 4.66. The Hall–Kier alpha value is -1.26. The summed E-state index contributed by atoms with van der Waals surface area (Å²) in [6.07, 6.45) is 2.55. The van der Waals surface area contributed by atoms with Gasteiger partial charge < -0.3 is 15.7 Å². The van der Waals surface area contributed by atoms with Gasteiger partial charge in [0, 0.05) is 23.2 Å². The second kappa shape index (κ2) is 6.26. The number of anilines is 1. The van der Waals surface area contributed by atoms with Crippen LogP contribution in [0.15, 0.2) is 18.2 Å². The molecule has 1 aliphatic carbocycles. The van der Waals surface area contributed by atoms with Gasteiger partial charge >= 0.3 is 6.03 Å². The Bertz CT molecular complexity index is 465. The lowest BCUT2D eigenvalue weighted by Crippen LogP contribution is -2.35. The van der Waals surface area contributed by atoms with E-state index in [-0.39, 0.29) is 18.1 Å². The first-order valence-electron chi connectivity index (χ1n) is 6.55. The number of aliphatic hydroxyl groups excluding tert-OH is 1. The molecule has 0 radical (unpaired) electrons. The number of urea groups is 1. The summed E-state index contributed by atoms with van der Waals surface area (Å²) < 4.78 is 0. The molecule has 4 nitrogen and oxygen atoms in total. The molecule has 1 aromatic rings. The van der Waals surface area contributed by atoms with E-state index in [2.05, 4.69) is 10.6 Å². The van der Waals surface area contributed by atoms with E-state index in [1.807, 2.05) is 19.1 Å². The highest BCUT2D eigenvalue weighted by Gasteiger charge is 2.25. The second-order valence-electron chi connectivity index (χ2n) is 5.06. The summed E-state index contributed by atoms with van der Waals surface area (Å²) in [4.78, 5) is 11.7. The molecule has 0 bridgehead atoms. The first kappa shape index (κ1) is 14.2. The summed E-state index contributed by atoms with van der Waals surface area (Å²) in [5.41, 5.74) is 1.64. The number of amides is 2. The number of halogens is 1. The molecular weight excluding hydrogens is 264 g/mol. The van der Waals surface area contributed by atoms with Crippen molar-refractivity contribution in [3.8, 4) is 0 Å². The van der Waals surface area contributed by atoms with Crippen LogP contribution < -0.4 is 10.6 Å². The smallest absolute Gasteiger partial charge is 0.319 e. The molecule has 2 amide bonds. The monoisotopic (exact) mass is 282 g/mol. The summed E-state index contributed by atoms with van der Waals surface area (Å²) >= 11 is 5.99. The van der Waals surface area contributed by atoms with Crippen molar-refractivity contribution in [1.29, 1.82) is 0 Å². The molecule has 0 aliphatic heterocycles. The van der Waals surface area contributed by atoms with Crippen molar-refractivity contribution in [2.24, 2.45) is 5.92 Å². The van der Waals surface area contributed by atoms with E-state index in [0.717, 1.165) is 24.8 Å². The fourth-order valence-electron chi connectivity index (χ4n) is 2.33. The van der Waals surface area contributed by atoms with Gasteiger partial charge in [0.05, 0.1) is 6.10 Å². The first-order chi connectivity index (χ1) is 9.06. The number of benzene rings is 1. The van der Waals surface area contributed by atoms with Crippen molar-refractivity contribution in [2.75, 3.05) is 11.9 Å². The summed E-state index contributed by atoms with van der Waals surface area (Å²) in [5.74, 6) is 0.173. The van der Waals surface area contributed by atoms with E-state index >= 15 is 0 Å². The number of aryl methyl sites for hydroxylation is 1. The maximum atomic E-state index is 11.7. The van der Waals surface area contributed by atoms with E-state index in [4.69, 9.17) is 11.6 Å². The van der Waals surface area contributed by atoms with Gasteiger partial charge in [-0.05, 0) is 37.5 Å². The van der Waals surface area contributed by atoms with Crippen LogP contribution in [-0.4, -0.2) is 23.8 Å². The van der Waals surface area contributed by atoms with Crippen LogP contribution in [-0.2, 0) is 0 Å². The number of carbonyl (C=O) groups is 1. The predicted molar refractivity (Wildman–Crippen MR) is 76.6 cm³/mol. The molecular formula is C14H19ClN2O2. The molecule has 2 rings (SSSR count). The third-order valence-corrected chi connectivity index (χ3v) is 3.98. The zero-order chi connectivity index (χ0) is 13.8. The summed E-state index contributed by atoms with van der Waals surface area (Å²) in [6.45, 7) is 2.42. The maximum absolute atomic E-state index is 11.7. The van der Waals surface area contributed by atoms with Gasteiger partial charge in [0.25, 0.3) is 0 Å². The van der Waals surface area contributed by atoms with Crippen LogP contribution in [0.3, 0.4) is 0 Å². The molecule has 5 heteroatoms. The Morgan fingerprint density at radius 2 is 2.26 bits per heavy atom. The molecule has 19 heavy (non-hydrogen) atoms. The SMILES string of the molecule is Cc1ccc(NC(=O)NCC2CCCC2O)cc1Cl. The topological polar surface area (TPSA) is 61.4 Å². The molecule has 1 fully saturated rings. The minimum atomic E-state index is -0.283. The molecule has 1 aromatic carbocycles. The van der Waals surface area contributed by atoms with Crippen LogP contribution in [0.2, 0.25) is 5.02 Å². The number of rotatable bonds is 3. The molecule has 2 unspecified atom stereocenters. The average molecular weight is 283 g/mol. The number of aliphatic hydroxyl groups is 1. The van der Waals surface area contributed by atoms with Crippen molar-refractivity contribution in [1.82, 2.24) is 5.32 Å². The van der Waals surface area contributed by atoms with Crippen LogP contribution in [0.5, 0.6) is 0 Å². The molecule has 1 saturated carbocycles. The number of hydrogen-bond donors (Lipinski definition) is 3. The first-order valence-corrected chi connectivity index (χ1v) is 6.93. The van der Waals surface area contributed by atoms with E-state index in [9.17, 15) is 9.90 Å². The van der Waals surface area contributed by atoms with E-state index in [1.54, 1.807) is 6.07 Å². The van der Waals surface area contributed by atoms with Gasteiger partial charge in [0.15, 0.2) is 0 Å². The average Bonchev–Trinajstić information content (AvgIpc) is 2.77.